The molecule has 0 aliphatic rings. The topological polar surface area (TPSA) is 131 Å². The maximum Gasteiger partial charge on any atom is 0.241 e. The van der Waals surface area contributed by atoms with E-state index in [1.165, 1.54) is 0 Å². The summed E-state index contributed by atoms with van der Waals surface area (Å²) in [6.45, 7) is 7.28. The predicted octanol–water partition coefficient (Wildman–Crippen LogP) is 7.31. The number of pyridine rings is 3. The van der Waals surface area contributed by atoms with Gasteiger partial charge in [0, 0.05) is 73.1 Å². The molecule has 58 heavy (non-hydrogen) atoms. The molecule has 0 saturated carbocycles. The Morgan fingerprint density at radius 1 is 0.655 bits per heavy atom. The van der Waals surface area contributed by atoms with Crippen molar-refractivity contribution in [3.63, 3.8) is 0 Å². The van der Waals surface area contributed by atoms with Gasteiger partial charge >= 0.3 is 0 Å². The molecule has 6 rings (SSSR count). The van der Waals surface area contributed by atoms with Crippen LogP contribution in [-0.2, 0) is 17.8 Å². The molecular formula is C47H56N8O3. The Hall–Kier alpha value is -6.14. The van der Waals surface area contributed by atoms with Crippen molar-refractivity contribution in [2.24, 2.45) is 0 Å². The molecular weight excluding hydrogens is 725 g/mol. The summed E-state index contributed by atoms with van der Waals surface area (Å²) in [5.74, 6) is 1.39. The summed E-state index contributed by atoms with van der Waals surface area (Å²) in [5.41, 5.74) is 15.3. The zero-order chi connectivity index (χ0) is 41.3. The van der Waals surface area contributed by atoms with Crippen LogP contribution in [0.1, 0.15) is 22.6 Å². The van der Waals surface area contributed by atoms with Gasteiger partial charge < -0.3 is 30.3 Å². The molecule has 3 heterocycles. The smallest absolute Gasteiger partial charge is 0.241 e. The molecule has 3 aromatic heterocycles. The number of rotatable bonds is 17. The first kappa shape index (κ1) is 43.0. The van der Waals surface area contributed by atoms with Gasteiger partial charge in [-0.05, 0) is 137 Å². The van der Waals surface area contributed by atoms with Crippen molar-refractivity contribution >= 4 is 17.3 Å². The number of carbonyl (C=O) groups is 1. The van der Waals surface area contributed by atoms with Crippen LogP contribution >= 0.6 is 0 Å². The van der Waals surface area contributed by atoms with Crippen molar-refractivity contribution in [1.29, 1.82) is 0 Å². The average Bonchev–Trinajstić information content (AvgIpc) is 3.20. The van der Waals surface area contributed by atoms with Crippen molar-refractivity contribution in [2.45, 2.75) is 32.9 Å². The number of nitrogens with one attached hydrogen (secondary N) is 2. The fraction of sp³-hybridized carbons (Fsp3) is 0.277. The number of amides is 1. The lowest BCUT2D eigenvalue weighted by Crippen LogP contribution is -2.42. The second-order valence-electron chi connectivity index (χ2n) is 14.6. The Kier molecular flexibility index (Phi) is 16.3. The van der Waals surface area contributed by atoms with E-state index in [0.717, 1.165) is 63.7 Å². The molecule has 0 saturated heterocycles. The second kappa shape index (κ2) is 22.0. The van der Waals surface area contributed by atoms with E-state index < -0.39 is 6.04 Å². The summed E-state index contributed by atoms with van der Waals surface area (Å²) in [6.07, 6.45) is 5.91. The van der Waals surface area contributed by atoms with Gasteiger partial charge in [0.05, 0.1) is 11.7 Å². The normalized spacial score (nSPS) is 11.4. The molecule has 6 aromatic rings. The standard InChI is InChI=1S/C31H35N5O2.C16H21N3O/c1-23-17-25(12-14-32-23)26-19-28(21-29(20-26)38-16-15-36(2)3)35-31(37)30(18-24-9-5-4-6-10-24)34-22-27-11-7-8-13-33-27;1-12-8-13(4-5-18-12)14-9-15(17)11-16(10-14)20-7-6-19(2)3/h4-14,17,19-21,30,34H,15-16,18,22H2,1-3H3,(H,35,37);4-5,8-11H,6-7,17H2,1-3H3/t30-;/m0./s1. The van der Waals surface area contributed by atoms with Crippen molar-refractivity contribution < 1.29 is 14.3 Å². The fourth-order valence-electron chi connectivity index (χ4n) is 6.00. The highest BCUT2D eigenvalue weighted by Gasteiger charge is 2.20. The highest BCUT2D eigenvalue weighted by atomic mass is 16.5. The van der Waals surface area contributed by atoms with Crippen molar-refractivity contribution in [1.82, 2.24) is 30.1 Å². The van der Waals surface area contributed by atoms with E-state index in [2.05, 4.69) is 35.4 Å². The van der Waals surface area contributed by atoms with Crippen LogP contribution in [0, 0.1) is 13.8 Å². The Labute approximate surface area is 343 Å². The zero-order valence-electron chi connectivity index (χ0n) is 34.5. The largest absolute Gasteiger partial charge is 0.492 e. The van der Waals surface area contributed by atoms with Crippen LogP contribution in [0.3, 0.4) is 0 Å². The van der Waals surface area contributed by atoms with Crippen LogP contribution in [0.4, 0.5) is 11.4 Å². The van der Waals surface area contributed by atoms with Crippen LogP contribution < -0.4 is 25.8 Å². The van der Waals surface area contributed by atoms with Gasteiger partial charge in [-0.1, -0.05) is 36.4 Å². The molecule has 3 aromatic carbocycles. The van der Waals surface area contributed by atoms with Gasteiger partial charge in [-0.2, -0.15) is 0 Å². The number of nitrogens with two attached hydrogens (primary N) is 1. The highest BCUT2D eigenvalue weighted by molar-refractivity contribution is 5.96. The Bertz CT molecular complexity index is 2180. The maximum absolute atomic E-state index is 13.6. The number of likely N-dealkylation sites (N-methyl/N-ethyl adjacent to an activating group) is 2. The molecule has 0 radical (unpaired) electrons. The van der Waals surface area contributed by atoms with Gasteiger partial charge in [0.1, 0.15) is 24.7 Å². The van der Waals surface area contributed by atoms with E-state index >= 15 is 0 Å². The van der Waals surface area contributed by atoms with E-state index in [9.17, 15) is 4.79 Å². The van der Waals surface area contributed by atoms with Crippen LogP contribution in [-0.4, -0.2) is 91.2 Å². The lowest BCUT2D eigenvalue weighted by Gasteiger charge is -2.20. The van der Waals surface area contributed by atoms with E-state index in [4.69, 9.17) is 15.2 Å². The van der Waals surface area contributed by atoms with Gasteiger partial charge in [0.25, 0.3) is 0 Å². The minimum Gasteiger partial charge on any atom is -0.492 e. The van der Waals surface area contributed by atoms with Gasteiger partial charge in [-0.15, -0.1) is 0 Å². The number of aryl methyl sites for hydroxylation is 2. The minimum atomic E-state index is -0.454. The Morgan fingerprint density at radius 2 is 1.24 bits per heavy atom. The summed E-state index contributed by atoms with van der Waals surface area (Å²) in [5, 5.41) is 6.54. The predicted molar refractivity (Wildman–Crippen MR) is 235 cm³/mol. The minimum absolute atomic E-state index is 0.118. The number of hydrogen-bond donors (Lipinski definition) is 3. The molecule has 11 nitrogen and oxygen atoms in total. The monoisotopic (exact) mass is 780 g/mol. The molecule has 0 fully saturated rings. The lowest BCUT2D eigenvalue weighted by molar-refractivity contribution is -0.118. The summed E-state index contributed by atoms with van der Waals surface area (Å²) >= 11 is 0. The van der Waals surface area contributed by atoms with Crippen LogP contribution in [0.2, 0.25) is 0 Å². The molecule has 0 unspecified atom stereocenters. The van der Waals surface area contributed by atoms with Crippen LogP contribution in [0.25, 0.3) is 22.3 Å². The van der Waals surface area contributed by atoms with Crippen LogP contribution in [0.15, 0.2) is 128 Å². The van der Waals surface area contributed by atoms with Gasteiger partial charge in [-0.3, -0.25) is 25.1 Å². The van der Waals surface area contributed by atoms with Crippen LogP contribution in [0.5, 0.6) is 11.5 Å². The summed E-state index contributed by atoms with van der Waals surface area (Å²) in [4.78, 5) is 30.7. The third-order valence-corrected chi connectivity index (χ3v) is 9.03. The van der Waals surface area contributed by atoms with E-state index in [0.29, 0.717) is 43.3 Å². The molecule has 0 aliphatic carbocycles. The second-order valence-corrected chi connectivity index (χ2v) is 14.6. The highest BCUT2D eigenvalue weighted by Crippen LogP contribution is 2.30. The van der Waals surface area contributed by atoms with Gasteiger partial charge in [-0.25, -0.2) is 0 Å². The summed E-state index contributed by atoms with van der Waals surface area (Å²) in [7, 11) is 8.06. The number of nitrogens with zero attached hydrogens (tertiary/aromatic N) is 5. The zero-order valence-corrected chi connectivity index (χ0v) is 34.5. The molecule has 0 bridgehead atoms. The van der Waals surface area contributed by atoms with E-state index in [1.54, 1.807) is 18.6 Å². The Morgan fingerprint density at radius 3 is 1.81 bits per heavy atom. The molecule has 11 heteroatoms. The Balaban J connectivity index is 0.000000269. The maximum atomic E-state index is 13.6. The number of nitrogen functional groups attached to an aromatic ring is 1. The average molecular weight is 781 g/mol. The third kappa shape index (κ3) is 14.4. The molecule has 4 N–H and O–H groups in total. The quantitative estimate of drug-likeness (QED) is 0.0811. The number of carbonyl (C=O) groups excluding carboxylic acids is 1. The molecule has 302 valence electrons. The van der Waals surface area contributed by atoms with Crippen molar-refractivity contribution in [2.75, 3.05) is 65.5 Å². The molecule has 1 amide bonds. The van der Waals surface area contributed by atoms with Crippen molar-refractivity contribution in [3.05, 3.63) is 150 Å². The fourth-order valence-corrected chi connectivity index (χ4v) is 6.00. The number of anilines is 2. The van der Waals surface area contributed by atoms with Gasteiger partial charge in [0.2, 0.25) is 5.91 Å². The lowest BCUT2D eigenvalue weighted by atomic mass is 10.0. The van der Waals surface area contributed by atoms with E-state index in [1.807, 2.05) is 151 Å². The molecule has 0 spiro atoms. The SMILES string of the molecule is Cc1cc(-c2cc(N)cc(OCCN(C)C)c2)ccn1.Cc1cc(-c2cc(NC(=O)[C@H](Cc3ccccc3)NCc3ccccn3)cc(OCCN(C)C)c2)ccn1. The molecule has 0 aliphatic heterocycles. The number of hydrogen-bond acceptors (Lipinski definition) is 10. The number of ether oxygens (including phenoxy) is 2. The van der Waals surface area contributed by atoms with E-state index in [-0.39, 0.29) is 5.91 Å². The summed E-state index contributed by atoms with van der Waals surface area (Å²) < 4.78 is 11.8. The van der Waals surface area contributed by atoms with Crippen molar-refractivity contribution in [3.8, 4) is 33.8 Å². The molecule has 1 atom stereocenters. The van der Waals surface area contributed by atoms with Gasteiger partial charge in [0.15, 0.2) is 0 Å². The number of aromatic nitrogens is 3. The summed E-state index contributed by atoms with van der Waals surface area (Å²) in [6, 6.07) is 35.0. The first-order chi connectivity index (χ1) is 28.0. The number of benzene rings is 3. The first-order valence-corrected chi connectivity index (χ1v) is 19.5. The first-order valence-electron chi connectivity index (χ1n) is 19.5. The third-order valence-electron chi connectivity index (χ3n) is 9.03.